The van der Waals surface area contributed by atoms with E-state index in [4.69, 9.17) is 17.3 Å². The molecule has 1 aromatic rings. The minimum Gasteiger partial charge on any atom is -0.332 e. The maximum atomic E-state index is 12.8. The molecule has 1 aromatic heterocycles. The van der Waals surface area contributed by atoms with Crippen LogP contribution in [0.5, 0.6) is 0 Å². The van der Waals surface area contributed by atoms with Crippen molar-refractivity contribution in [2.45, 2.75) is 37.8 Å². The molecule has 2 N–H and O–H groups in total. The van der Waals surface area contributed by atoms with Crippen LogP contribution in [0.1, 0.15) is 25.5 Å². The van der Waals surface area contributed by atoms with E-state index in [0.717, 1.165) is 0 Å². The van der Waals surface area contributed by atoms with Gasteiger partial charge in [-0.05, 0) is 6.92 Å². The zero-order valence-electron chi connectivity index (χ0n) is 8.30. The molecule has 3 nitrogen and oxygen atoms in total. The van der Waals surface area contributed by atoms with Crippen molar-refractivity contribution in [1.82, 2.24) is 9.55 Å². The van der Waals surface area contributed by atoms with Gasteiger partial charge in [0, 0.05) is 19.4 Å². The van der Waals surface area contributed by atoms with Gasteiger partial charge in [0.05, 0.1) is 17.6 Å². The van der Waals surface area contributed by atoms with Gasteiger partial charge in [0.25, 0.3) is 5.92 Å². The van der Waals surface area contributed by atoms with Crippen LogP contribution in [0.15, 0.2) is 6.33 Å². The SMILES string of the molecule is CCn1cnc(Cl)c1C1(N)CC(F)(F)C1. The van der Waals surface area contributed by atoms with E-state index >= 15 is 0 Å². The minimum atomic E-state index is -2.67. The Hall–Kier alpha value is -0.680. The van der Waals surface area contributed by atoms with Gasteiger partial charge in [-0.3, -0.25) is 0 Å². The van der Waals surface area contributed by atoms with Crippen molar-refractivity contribution in [2.75, 3.05) is 0 Å². The molecule has 0 radical (unpaired) electrons. The number of hydrogen-bond acceptors (Lipinski definition) is 2. The topological polar surface area (TPSA) is 43.8 Å². The Morgan fingerprint density at radius 3 is 2.67 bits per heavy atom. The van der Waals surface area contributed by atoms with E-state index in [2.05, 4.69) is 4.98 Å². The van der Waals surface area contributed by atoms with Crippen molar-refractivity contribution in [3.63, 3.8) is 0 Å². The number of nitrogens with two attached hydrogens (primary N) is 1. The third-order valence-electron chi connectivity index (χ3n) is 2.75. The average Bonchev–Trinajstić information content (AvgIpc) is 2.43. The summed E-state index contributed by atoms with van der Waals surface area (Å²) in [5.74, 6) is -2.67. The maximum absolute atomic E-state index is 12.8. The summed E-state index contributed by atoms with van der Waals surface area (Å²) >= 11 is 5.86. The first-order valence-electron chi connectivity index (χ1n) is 4.76. The molecule has 1 aliphatic carbocycles. The van der Waals surface area contributed by atoms with Gasteiger partial charge in [-0.15, -0.1) is 0 Å². The Morgan fingerprint density at radius 1 is 1.60 bits per heavy atom. The number of rotatable bonds is 2. The van der Waals surface area contributed by atoms with Gasteiger partial charge in [-0.2, -0.15) is 0 Å². The van der Waals surface area contributed by atoms with E-state index in [0.29, 0.717) is 12.2 Å². The normalized spacial score (nSPS) is 22.5. The largest absolute Gasteiger partial charge is 0.332 e. The third kappa shape index (κ3) is 1.63. The lowest BCUT2D eigenvalue weighted by atomic mass is 9.72. The molecule has 0 saturated heterocycles. The van der Waals surface area contributed by atoms with Gasteiger partial charge in [-0.25, -0.2) is 13.8 Å². The van der Waals surface area contributed by atoms with Crippen molar-refractivity contribution >= 4 is 11.6 Å². The molecule has 1 fully saturated rings. The van der Waals surface area contributed by atoms with Crippen LogP contribution in [-0.4, -0.2) is 15.5 Å². The van der Waals surface area contributed by atoms with E-state index in [1.807, 2.05) is 6.92 Å². The van der Waals surface area contributed by atoms with Crippen LogP contribution >= 0.6 is 11.6 Å². The first-order valence-corrected chi connectivity index (χ1v) is 5.13. The van der Waals surface area contributed by atoms with Gasteiger partial charge in [-0.1, -0.05) is 11.6 Å². The first kappa shape index (κ1) is 10.8. The quantitative estimate of drug-likeness (QED) is 0.854. The maximum Gasteiger partial charge on any atom is 0.252 e. The molecule has 6 heteroatoms. The van der Waals surface area contributed by atoms with E-state index in [-0.39, 0.29) is 18.0 Å². The number of hydrogen-bond donors (Lipinski definition) is 1. The van der Waals surface area contributed by atoms with Crippen molar-refractivity contribution in [3.05, 3.63) is 17.2 Å². The highest BCUT2D eigenvalue weighted by Crippen LogP contribution is 2.51. The van der Waals surface area contributed by atoms with Gasteiger partial charge in [0.15, 0.2) is 5.15 Å². The first-order chi connectivity index (χ1) is 6.88. The summed E-state index contributed by atoms with van der Waals surface area (Å²) in [5.41, 5.74) is 5.40. The molecular weight excluding hydrogens is 224 g/mol. The highest BCUT2D eigenvalue weighted by molar-refractivity contribution is 6.30. The highest BCUT2D eigenvalue weighted by Gasteiger charge is 2.57. The van der Waals surface area contributed by atoms with Crippen LogP contribution in [0.4, 0.5) is 8.78 Å². The molecule has 84 valence electrons. The summed E-state index contributed by atoms with van der Waals surface area (Å²) in [6.07, 6.45) is 0.819. The van der Waals surface area contributed by atoms with Crippen molar-refractivity contribution in [2.24, 2.45) is 5.73 Å². The zero-order valence-corrected chi connectivity index (χ0v) is 9.06. The number of halogens is 3. The molecule has 1 saturated carbocycles. The smallest absolute Gasteiger partial charge is 0.252 e. The fourth-order valence-corrected chi connectivity index (χ4v) is 2.47. The van der Waals surface area contributed by atoms with Crippen molar-refractivity contribution in [3.8, 4) is 0 Å². The number of imidazole rings is 1. The van der Waals surface area contributed by atoms with Crippen LogP contribution < -0.4 is 5.73 Å². The van der Waals surface area contributed by atoms with Crippen LogP contribution in [-0.2, 0) is 12.1 Å². The minimum absolute atomic E-state index is 0.231. The Labute approximate surface area is 91.2 Å². The Morgan fingerprint density at radius 2 is 2.20 bits per heavy atom. The Bertz CT molecular complexity index is 381. The summed E-state index contributed by atoms with van der Waals surface area (Å²) in [4.78, 5) is 3.89. The van der Waals surface area contributed by atoms with E-state index in [9.17, 15) is 8.78 Å². The number of alkyl halides is 2. The second-order valence-electron chi connectivity index (χ2n) is 4.04. The van der Waals surface area contributed by atoms with Crippen molar-refractivity contribution in [1.29, 1.82) is 0 Å². The average molecular weight is 236 g/mol. The summed E-state index contributed by atoms with van der Waals surface area (Å²) in [7, 11) is 0. The molecule has 0 amide bonds. The summed E-state index contributed by atoms with van der Waals surface area (Å²) in [6, 6.07) is 0. The van der Waals surface area contributed by atoms with E-state index in [1.165, 1.54) is 6.33 Å². The lowest BCUT2D eigenvalue weighted by Crippen LogP contribution is -2.56. The van der Waals surface area contributed by atoms with E-state index < -0.39 is 11.5 Å². The van der Waals surface area contributed by atoms with Gasteiger partial charge < -0.3 is 10.3 Å². The van der Waals surface area contributed by atoms with E-state index in [1.54, 1.807) is 4.57 Å². The predicted molar refractivity (Wildman–Crippen MR) is 53.0 cm³/mol. The summed E-state index contributed by atoms with van der Waals surface area (Å²) < 4.78 is 27.4. The second kappa shape index (κ2) is 3.15. The van der Waals surface area contributed by atoms with Gasteiger partial charge in [0.1, 0.15) is 0 Å². The fraction of sp³-hybridized carbons (Fsp3) is 0.667. The van der Waals surface area contributed by atoms with Crippen LogP contribution in [0.3, 0.4) is 0 Å². The molecule has 0 atom stereocenters. The molecule has 15 heavy (non-hydrogen) atoms. The molecule has 2 rings (SSSR count). The van der Waals surface area contributed by atoms with Crippen LogP contribution in [0.25, 0.3) is 0 Å². The molecule has 1 heterocycles. The molecule has 0 aromatic carbocycles. The van der Waals surface area contributed by atoms with Crippen LogP contribution in [0.2, 0.25) is 5.15 Å². The standard InChI is InChI=1S/C9H12ClF2N3/c1-2-15-5-14-7(10)6(15)8(13)3-9(11,12)4-8/h5H,2-4,13H2,1H3. The zero-order chi connectivity index (χ0) is 11.3. The van der Waals surface area contributed by atoms with Gasteiger partial charge >= 0.3 is 0 Å². The molecule has 0 spiro atoms. The lowest BCUT2D eigenvalue weighted by molar-refractivity contribution is -0.127. The molecule has 0 unspecified atom stereocenters. The Balaban J connectivity index is 2.34. The summed E-state index contributed by atoms with van der Waals surface area (Å²) in [5, 5.41) is 0.231. The summed E-state index contributed by atoms with van der Waals surface area (Å²) in [6.45, 7) is 2.52. The molecule has 0 bridgehead atoms. The third-order valence-corrected chi connectivity index (χ3v) is 3.03. The second-order valence-corrected chi connectivity index (χ2v) is 4.39. The predicted octanol–water partition coefficient (Wildman–Crippen LogP) is 2.14. The highest BCUT2D eigenvalue weighted by atomic mass is 35.5. The monoisotopic (exact) mass is 235 g/mol. The van der Waals surface area contributed by atoms with Crippen LogP contribution in [0, 0.1) is 0 Å². The number of aryl methyl sites for hydroxylation is 1. The van der Waals surface area contributed by atoms with Crippen molar-refractivity contribution < 1.29 is 8.78 Å². The number of aromatic nitrogens is 2. The van der Waals surface area contributed by atoms with Gasteiger partial charge in [0.2, 0.25) is 0 Å². The number of nitrogens with zero attached hydrogens (tertiary/aromatic N) is 2. The Kier molecular flexibility index (Phi) is 2.28. The lowest BCUT2D eigenvalue weighted by Gasteiger charge is -2.44. The molecule has 0 aliphatic heterocycles. The molecular formula is C9H12ClF2N3. The fourth-order valence-electron chi connectivity index (χ4n) is 2.13. The molecule has 1 aliphatic rings.